The fourth-order valence-electron chi connectivity index (χ4n) is 1.81. The van der Waals surface area contributed by atoms with E-state index in [4.69, 9.17) is 0 Å². The highest BCUT2D eigenvalue weighted by atomic mass is 14.1. The molecule has 12 heavy (non-hydrogen) atoms. The van der Waals surface area contributed by atoms with Gasteiger partial charge < -0.3 is 0 Å². The lowest BCUT2D eigenvalue weighted by molar-refractivity contribution is 0.800. The highest BCUT2D eigenvalue weighted by molar-refractivity contribution is 5.29. The van der Waals surface area contributed by atoms with Crippen LogP contribution in [-0.2, 0) is 0 Å². The Balaban J connectivity index is 2.27. The van der Waals surface area contributed by atoms with Crippen molar-refractivity contribution in [2.45, 2.75) is 25.7 Å². The average molecular weight is 158 g/mol. The van der Waals surface area contributed by atoms with E-state index in [2.05, 4.69) is 43.3 Å². The third-order valence-electron chi connectivity index (χ3n) is 2.48. The Labute approximate surface area is 73.9 Å². The molecule has 0 heteroatoms. The third kappa shape index (κ3) is 1.42. The maximum absolute atomic E-state index is 2.33. The summed E-state index contributed by atoms with van der Waals surface area (Å²) in [5, 5.41) is 0. The Morgan fingerprint density at radius 2 is 2.25 bits per heavy atom. The molecule has 1 unspecified atom stereocenters. The fraction of sp³-hybridized carbons (Fsp3) is 0.333. The monoisotopic (exact) mass is 158 g/mol. The van der Waals surface area contributed by atoms with Crippen molar-refractivity contribution < 1.29 is 0 Å². The zero-order chi connectivity index (χ0) is 8.39. The molecule has 0 nitrogen and oxygen atoms in total. The highest BCUT2D eigenvalue weighted by Crippen LogP contribution is 2.28. The lowest BCUT2D eigenvalue weighted by atomic mass is 9.97. The Hall–Kier alpha value is -1.04. The number of aryl methyl sites for hydroxylation is 1. The molecule has 2 rings (SSSR count). The van der Waals surface area contributed by atoms with Crippen LogP contribution in [0, 0.1) is 6.92 Å². The molecule has 0 bridgehead atoms. The Morgan fingerprint density at radius 1 is 1.33 bits per heavy atom. The summed E-state index contributed by atoms with van der Waals surface area (Å²) < 4.78 is 0. The molecule has 0 spiro atoms. The van der Waals surface area contributed by atoms with Gasteiger partial charge in [0.1, 0.15) is 0 Å². The van der Waals surface area contributed by atoms with Gasteiger partial charge in [-0.3, -0.25) is 0 Å². The van der Waals surface area contributed by atoms with Gasteiger partial charge in [-0.25, -0.2) is 0 Å². The SMILES string of the molecule is Cc1cccc(C2C=CCC2)c1. The molecule has 0 aliphatic heterocycles. The second-order valence-electron chi connectivity index (χ2n) is 3.53. The largest absolute Gasteiger partial charge is 0.0879 e. The summed E-state index contributed by atoms with van der Waals surface area (Å²) in [6.45, 7) is 2.15. The lowest BCUT2D eigenvalue weighted by Gasteiger charge is -2.07. The van der Waals surface area contributed by atoms with Gasteiger partial charge in [-0.05, 0) is 25.3 Å². The molecular formula is C12H14. The van der Waals surface area contributed by atoms with Gasteiger partial charge >= 0.3 is 0 Å². The Morgan fingerprint density at radius 3 is 2.92 bits per heavy atom. The third-order valence-corrected chi connectivity index (χ3v) is 2.48. The van der Waals surface area contributed by atoms with Gasteiger partial charge in [-0.15, -0.1) is 0 Å². The number of allylic oxidation sites excluding steroid dienone is 2. The number of benzene rings is 1. The highest BCUT2D eigenvalue weighted by Gasteiger charge is 2.10. The summed E-state index contributed by atoms with van der Waals surface area (Å²) in [5.74, 6) is 0.685. The topological polar surface area (TPSA) is 0 Å². The van der Waals surface area contributed by atoms with Gasteiger partial charge in [-0.1, -0.05) is 42.0 Å². The van der Waals surface area contributed by atoms with E-state index in [0.29, 0.717) is 5.92 Å². The van der Waals surface area contributed by atoms with Crippen LogP contribution in [0.1, 0.15) is 29.9 Å². The summed E-state index contributed by atoms with van der Waals surface area (Å²) in [7, 11) is 0. The minimum absolute atomic E-state index is 0.685. The van der Waals surface area contributed by atoms with E-state index >= 15 is 0 Å². The van der Waals surface area contributed by atoms with Crippen molar-refractivity contribution in [3.05, 3.63) is 47.5 Å². The van der Waals surface area contributed by atoms with Gasteiger partial charge in [0.2, 0.25) is 0 Å². The van der Waals surface area contributed by atoms with Crippen LogP contribution in [-0.4, -0.2) is 0 Å². The molecule has 1 atom stereocenters. The number of hydrogen-bond acceptors (Lipinski definition) is 0. The van der Waals surface area contributed by atoms with E-state index in [9.17, 15) is 0 Å². The number of rotatable bonds is 1. The first kappa shape index (κ1) is 7.60. The van der Waals surface area contributed by atoms with Gasteiger partial charge in [0, 0.05) is 5.92 Å². The predicted molar refractivity (Wildman–Crippen MR) is 52.3 cm³/mol. The summed E-state index contributed by atoms with van der Waals surface area (Å²) in [6.07, 6.45) is 7.16. The Kier molecular flexibility index (Phi) is 1.99. The zero-order valence-electron chi connectivity index (χ0n) is 7.46. The second-order valence-corrected chi connectivity index (χ2v) is 3.53. The van der Waals surface area contributed by atoms with Crippen molar-refractivity contribution in [3.63, 3.8) is 0 Å². The van der Waals surface area contributed by atoms with E-state index in [-0.39, 0.29) is 0 Å². The van der Waals surface area contributed by atoms with Crippen LogP contribution in [0.15, 0.2) is 36.4 Å². The fourth-order valence-corrected chi connectivity index (χ4v) is 1.81. The van der Waals surface area contributed by atoms with Crippen LogP contribution in [0.5, 0.6) is 0 Å². The second kappa shape index (κ2) is 3.14. The number of hydrogen-bond donors (Lipinski definition) is 0. The van der Waals surface area contributed by atoms with E-state index < -0.39 is 0 Å². The summed E-state index contributed by atoms with van der Waals surface area (Å²) >= 11 is 0. The molecule has 0 radical (unpaired) electrons. The molecule has 0 N–H and O–H groups in total. The van der Waals surface area contributed by atoms with E-state index in [1.807, 2.05) is 0 Å². The first-order valence-corrected chi connectivity index (χ1v) is 4.59. The quantitative estimate of drug-likeness (QED) is 0.549. The molecule has 0 amide bonds. The molecule has 1 aromatic carbocycles. The summed E-state index contributed by atoms with van der Waals surface area (Å²) in [4.78, 5) is 0. The predicted octanol–water partition coefficient (Wildman–Crippen LogP) is 3.43. The van der Waals surface area contributed by atoms with Crippen molar-refractivity contribution in [3.8, 4) is 0 Å². The van der Waals surface area contributed by atoms with Crippen LogP contribution in [0.4, 0.5) is 0 Å². The van der Waals surface area contributed by atoms with Crippen molar-refractivity contribution >= 4 is 0 Å². The molecule has 0 saturated carbocycles. The van der Waals surface area contributed by atoms with Gasteiger partial charge in [-0.2, -0.15) is 0 Å². The Bertz CT molecular complexity index is 297. The molecular weight excluding hydrogens is 144 g/mol. The van der Waals surface area contributed by atoms with Crippen LogP contribution >= 0.6 is 0 Å². The maximum Gasteiger partial charge on any atom is 0.00210 e. The lowest BCUT2D eigenvalue weighted by Crippen LogP contribution is -1.90. The molecule has 1 aromatic rings. The summed E-state index contributed by atoms with van der Waals surface area (Å²) in [5.41, 5.74) is 2.84. The van der Waals surface area contributed by atoms with Gasteiger partial charge in [0.05, 0.1) is 0 Å². The van der Waals surface area contributed by atoms with E-state index in [0.717, 1.165) is 0 Å². The van der Waals surface area contributed by atoms with Crippen LogP contribution < -0.4 is 0 Å². The molecule has 1 aliphatic rings. The molecule has 0 heterocycles. The van der Waals surface area contributed by atoms with Crippen molar-refractivity contribution in [1.29, 1.82) is 0 Å². The maximum atomic E-state index is 2.33. The molecule has 0 saturated heterocycles. The molecule has 62 valence electrons. The van der Waals surface area contributed by atoms with E-state index in [1.165, 1.54) is 24.0 Å². The van der Waals surface area contributed by atoms with Gasteiger partial charge in [0.15, 0.2) is 0 Å². The van der Waals surface area contributed by atoms with Gasteiger partial charge in [0.25, 0.3) is 0 Å². The smallest absolute Gasteiger partial charge is 0.00210 e. The average Bonchev–Trinajstić information content (AvgIpc) is 2.56. The first-order chi connectivity index (χ1) is 5.86. The van der Waals surface area contributed by atoms with Crippen molar-refractivity contribution in [2.75, 3.05) is 0 Å². The summed E-state index contributed by atoms with van der Waals surface area (Å²) in [6, 6.07) is 8.83. The molecule has 1 aliphatic carbocycles. The van der Waals surface area contributed by atoms with Crippen molar-refractivity contribution in [2.24, 2.45) is 0 Å². The molecule has 0 aromatic heterocycles. The van der Waals surface area contributed by atoms with Crippen LogP contribution in [0.25, 0.3) is 0 Å². The minimum atomic E-state index is 0.685. The minimum Gasteiger partial charge on any atom is -0.0879 e. The normalized spacial score (nSPS) is 21.6. The standard InChI is InChI=1S/C12H14/c1-10-5-4-8-12(9-10)11-6-2-3-7-11/h2,4-6,8-9,11H,3,7H2,1H3. The molecule has 0 fully saturated rings. The first-order valence-electron chi connectivity index (χ1n) is 4.59. The van der Waals surface area contributed by atoms with Crippen LogP contribution in [0.2, 0.25) is 0 Å². The van der Waals surface area contributed by atoms with E-state index in [1.54, 1.807) is 0 Å². The van der Waals surface area contributed by atoms with Crippen molar-refractivity contribution in [1.82, 2.24) is 0 Å². The zero-order valence-corrected chi connectivity index (χ0v) is 7.46. The van der Waals surface area contributed by atoms with Crippen LogP contribution in [0.3, 0.4) is 0 Å².